The van der Waals surface area contributed by atoms with Crippen LogP contribution in [0.1, 0.15) is 52.9 Å². The van der Waals surface area contributed by atoms with Crippen molar-refractivity contribution < 1.29 is 9.47 Å². The molecule has 1 saturated heterocycles. The highest BCUT2D eigenvalue weighted by molar-refractivity contribution is 14.0. The van der Waals surface area contributed by atoms with E-state index in [1.54, 1.807) is 0 Å². The number of guanidine groups is 1. The lowest BCUT2D eigenvalue weighted by molar-refractivity contribution is -0.125. The molecule has 0 amide bonds. The van der Waals surface area contributed by atoms with Crippen LogP contribution in [0.5, 0.6) is 0 Å². The van der Waals surface area contributed by atoms with E-state index in [9.17, 15) is 0 Å². The number of nitrogens with zero attached hydrogens (tertiary/aromatic N) is 2. The molecule has 6 nitrogen and oxygen atoms in total. The summed E-state index contributed by atoms with van der Waals surface area (Å²) in [6.07, 6.45) is 6.75. The van der Waals surface area contributed by atoms with Gasteiger partial charge in [-0.25, -0.2) is 0 Å². The second kappa shape index (κ2) is 10.1. The van der Waals surface area contributed by atoms with Gasteiger partial charge in [-0.3, -0.25) is 9.89 Å². The van der Waals surface area contributed by atoms with Crippen LogP contribution in [0, 0.1) is 5.41 Å². The molecule has 2 saturated carbocycles. The Balaban J connectivity index is 0.00000261. The molecule has 2 atom stereocenters. The average Bonchev–Trinajstić information content (AvgIpc) is 3.17. The van der Waals surface area contributed by atoms with E-state index in [1.807, 2.05) is 7.05 Å². The van der Waals surface area contributed by atoms with E-state index in [-0.39, 0.29) is 29.5 Å². The maximum Gasteiger partial charge on any atom is 0.191 e. The Labute approximate surface area is 182 Å². The molecule has 0 bridgehead atoms. The van der Waals surface area contributed by atoms with Gasteiger partial charge in [0.1, 0.15) is 0 Å². The van der Waals surface area contributed by atoms with Crippen molar-refractivity contribution in [2.24, 2.45) is 10.4 Å². The summed E-state index contributed by atoms with van der Waals surface area (Å²) >= 11 is 0. The minimum atomic E-state index is 0. The molecule has 0 aromatic heterocycles. The van der Waals surface area contributed by atoms with Crippen LogP contribution >= 0.6 is 24.0 Å². The summed E-state index contributed by atoms with van der Waals surface area (Å²) < 4.78 is 11.5. The van der Waals surface area contributed by atoms with Crippen molar-refractivity contribution in [2.45, 2.75) is 70.6 Å². The second-order valence-electron chi connectivity index (χ2n) is 8.65. The number of rotatable bonds is 6. The van der Waals surface area contributed by atoms with Crippen molar-refractivity contribution >= 4 is 29.9 Å². The third-order valence-corrected chi connectivity index (χ3v) is 6.78. The molecule has 3 aliphatic rings. The zero-order valence-corrected chi connectivity index (χ0v) is 19.9. The fourth-order valence-corrected chi connectivity index (χ4v) is 5.03. The summed E-state index contributed by atoms with van der Waals surface area (Å²) in [7, 11) is 1.87. The standard InChI is InChI=1S/C20H38N4O2.HI/c1-5-26-17-14-16(20(17)8-6-7-9-20)23-18(21-4)22-15-19(2,3)24-10-12-25-13-11-24;/h16-17H,5-15H2,1-4H3,(H2,21,22,23);1H. The lowest BCUT2D eigenvalue weighted by atomic mass is 9.60. The fraction of sp³-hybridized carbons (Fsp3) is 0.950. The molecule has 2 unspecified atom stereocenters. The van der Waals surface area contributed by atoms with E-state index < -0.39 is 0 Å². The van der Waals surface area contributed by atoms with Gasteiger partial charge in [-0.15, -0.1) is 24.0 Å². The first-order valence-electron chi connectivity index (χ1n) is 10.4. The maximum absolute atomic E-state index is 6.04. The Bertz CT molecular complexity index is 488. The van der Waals surface area contributed by atoms with E-state index in [2.05, 4.69) is 41.3 Å². The highest BCUT2D eigenvalue weighted by Crippen LogP contribution is 2.54. The number of hydrogen-bond acceptors (Lipinski definition) is 4. The van der Waals surface area contributed by atoms with Crippen LogP contribution in [0.15, 0.2) is 4.99 Å². The number of morpholine rings is 1. The molecule has 7 heteroatoms. The van der Waals surface area contributed by atoms with Gasteiger partial charge < -0.3 is 20.1 Å². The minimum Gasteiger partial charge on any atom is -0.379 e. The van der Waals surface area contributed by atoms with Gasteiger partial charge in [-0.05, 0) is 40.0 Å². The molecular formula is C20H39IN4O2. The van der Waals surface area contributed by atoms with E-state index >= 15 is 0 Å². The van der Waals surface area contributed by atoms with Gasteiger partial charge in [0.25, 0.3) is 0 Å². The number of halogens is 1. The molecule has 0 aromatic carbocycles. The summed E-state index contributed by atoms with van der Waals surface area (Å²) in [5.41, 5.74) is 0.410. The number of nitrogens with one attached hydrogen (secondary N) is 2. The lowest BCUT2D eigenvalue weighted by Gasteiger charge is -2.54. The highest BCUT2D eigenvalue weighted by Gasteiger charge is 2.57. The Hall–Kier alpha value is -0.120. The first-order valence-corrected chi connectivity index (χ1v) is 10.4. The van der Waals surface area contributed by atoms with E-state index in [0.717, 1.165) is 51.8 Å². The van der Waals surface area contributed by atoms with Crippen molar-refractivity contribution in [3.8, 4) is 0 Å². The van der Waals surface area contributed by atoms with Gasteiger partial charge in [-0.1, -0.05) is 12.8 Å². The largest absolute Gasteiger partial charge is 0.379 e. The zero-order valence-electron chi connectivity index (χ0n) is 17.6. The molecule has 3 fully saturated rings. The molecule has 1 aliphatic heterocycles. The van der Waals surface area contributed by atoms with Crippen LogP contribution in [0.25, 0.3) is 0 Å². The maximum atomic E-state index is 6.04. The molecule has 27 heavy (non-hydrogen) atoms. The molecule has 0 aromatic rings. The third kappa shape index (κ3) is 5.08. The molecule has 0 radical (unpaired) electrons. The van der Waals surface area contributed by atoms with Crippen molar-refractivity contribution in [3.05, 3.63) is 0 Å². The van der Waals surface area contributed by atoms with Gasteiger partial charge in [0.15, 0.2) is 5.96 Å². The fourth-order valence-electron chi connectivity index (χ4n) is 5.03. The van der Waals surface area contributed by atoms with Crippen LogP contribution in [0.4, 0.5) is 0 Å². The van der Waals surface area contributed by atoms with Crippen LogP contribution < -0.4 is 10.6 Å². The molecule has 3 rings (SSSR count). The molecule has 1 heterocycles. The monoisotopic (exact) mass is 494 g/mol. The summed E-state index contributed by atoms with van der Waals surface area (Å²) in [5.74, 6) is 0.928. The summed E-state index contributed by atoms with van der Waals surface area (Å²) in [6, 6.07) is 0.485. The van der Waals surface area contributed by atoms with Crippen LogP contribution in [0.3, 0.4) is 0 Å². The van der Waals surface area contributed by atoms with Crippen LogP contribution in [-0.4, -0.2) is 75.0 Å². The van der Waals surface area contributed by atoms with Crippen molar-refractivity contribution in [3.63, 3.8) is 0 Å². The van der Waals surface area contributed by atoms with Gasteiger partial charge in [-0.2, -0.15) is 0 Å². The Morgan fingerprint density at radius 3 is 2.52 bits per heavy atom. The highest BCUT2D eigenvalue weighted by atomic mass is 127. The third-order valence-electron chi connectivity index (χ3n) is 6.78. The van der Waals surface area contributed by atoms with Gasteiger partial charge in [0.2, 0.25) is 0 Å². The molecular weight excluding hydrogens is 455 g/mol. The molecule has 2 aliphatic carbocycles. The summed E-state index contributed by atoms with van der Waals surface area (Å²) in [5, 5.41) is 7.29. The predicted molar refractivity (Wildman–Crippen MR) is 121 cm³/mol. The van der Waals surface area contributed by atoms with Crippen molar-refractivity contribution in [1.82, 2.24) is 15.5 Å². The molecule has 2 N–H and O–H groups in total. The van der Waals surface area contributed by atoms with Gasteiger partial charge in [0, 0.05) is 50.3 Å². The molecule has 158 valence electrons. The zero-order chi connectivity index (χ0) is 18.6. The van der Waals surface area contributed by atoms with Crippen LogP contribution in [-0.2, 0) is 9.47 Å². The Morgan fingerprint density at radius 1 is 1.26 bits per heavy atom. The average molecular weight is 494 g/mol. The first-order chi connectivity index (χ1) is 12.5. The topological polar surface area (TPSA) is 58.1 Å². The van der Waals surface area contributed by atoms with E-state index in [1.165, 1.54) is 25.7 Å². The van der Waals surface area contributed by atoms with E-state index in [4.69, 9.17) is 9.47 Å². The minimum absolute atomic E-state index is 0. The van der Waals surface area contributed by atoms with Crippen LogP contribution in [0.2, 0.25) is 0 Å². The predicted octanol–water partition coefficient (Wildman–Crippen LogP) is 2.62. The lowest BCUT2D eigenvalue weighted by Crippen LogP contribution is -2.66. The number of hydrogen-bond donors (Lipinski definition) is 2. The quantitative estimate of drug-likeness (QED) is 0.338. The second-order valence-corrected chi connectivity index (χ2v) is 8.65. The number of ether oxygens (including phenoxy) is 2. The Morgan fingerprint density at radius 2 is 1.93 bits per heavy atom. The van der Waals surface area contributed by atoms with Crippen molar-refractivity contribution in [1.29, 1.82) is 0 Å². The van der Waals surface area contributed by atoms with Gasteiger partial charge >= 0.3 is 0 Å². The van der Waals surface area contributed by atoms with Gasteiger partial charge in [0.05, 0.1) is 19.3 Å². The SMILES string of the molecule is CCOC1CC(NC(=NC)NCC(C)(C)N2CCOCC2)C12CCCC2.I. The normalized spacial score (nSPS) is 28.5. The molecule has 1 spiro atoms. The Kier molecular flexibility index (Phi) is 8.64. The van der Waals surface area contributed by atoms with E-state index in [0.29, 0.717) is 17.6 Å². The summed E-state index contributed by atoms with van der Waals surface area (Å²) in [6.45, 7) is 12.1. The smallest absolute Gasteiger partial charge is 0.191 e. The first kappa shape index (κ1) is 23.2. The van der Waals surface area contributed by atoms with Crippen molar-refractivity contribution in [2.75, 3.05) is 46.5 Å². The number of aliphatic imine (C=N–C) groups is 1. The summed E-state index contributed by atoms with van der Waals surface area (Å²) in [4.78, 5) is 7.00.